The predicted octanol–water partition coefficient (Wildman–Crippen LogP) is 2.50. The lowest BCUT2D eigenvalue weighted by Crippen LogP contribution is -2.41. The molecule has 1 atom stereocenters. The minimum Gasteiger partial charge on any atom is -0.379 e. The summed E-state index contributed by atoms with van der Waals surface area (Å²) < 4.78 is 46.2. The minimum atomic E-state index is -3.99. The Bertz CT molecular complexity index is 982. The second-order valence-corrected chi connectivity index (χ2v) is 9.72. The molecule has 0 radical (unpaired) electrons. The van der Waals surface area contributed by atoms with Gasteiger partial charge < -0.3 is 10.1 Å². The van der Waals surface area contributed by atoms with E-state index in [0.717, 1.165) is 16.5 Å². The first-order chi connectivity index (χ1) is 13.4. The molecule has 1 unspecified atom stereocenters. The van der Waals surface area contributed by atoms with Crippen LogP contribution in [0.3, 0.4) is 0 Å². The molecule has 2 aromatic rings. The van der Waals surface area contributed by atoms with E-state index in [1.807, 2.05) is 24.3 Å². The number of carbonyl (C=O) groups excluding carboxylic acids is 1. The summed E-state index contributed by atoms with van der Waals surface area (Å²) in [4.78, 5) is 13.3. The molecule has 0 aliphatic carbocycles. The van der Waals surface area contributed by atoms with E-state index in [9.17, 15) is 17.6 Å². The number of rotatable bonds is 4. The lowest BCUT2D eigenvalue weighted by molar-refractivity contribution is -0.115. The van der Waals surface area contributed by atoms with E-state index in [1.165, 1.54) is 28.2 Å². The molecular weight excluding hydrogens is 403 g/mol. The number of morpholine rings is 1. The van der Waals surface area contributed by atoms with Crippen molar-refractivity contribution in [3.63, 3.8) is 0 Å². The summed E-state index contributed by atoms with van der Waals surface area (Å²) in [7, 11) is -3.99. The van der Waals surface area contributed by atoms with Gasteiger partial charge in [0.15, 0.2) is 0 Å². The second-order valence-electron chi connectivity index (χ2n) is 6.57. The first kappa shape index (κ1) is 19.4. The smallest absolute Gasteiger partial charge is 0.246 e. The van der Waals surface area contributed by atoms with Crippen LogP contribution in [0.4, 0.5) is 10.1 Å². The molecule has 6 nitrogen and oxygen atoms in total. The normalized spacial score (nSPS) is 20.0. The number of amides is 1. The number of nitrogens with zero attached hydrogens (tertiary/aromatic N) is 1. The largest absolute Gasteiger partial charge is 0.379 e. The number of hydrogen-bond acceptors (Lipinski definition) is 5. The van der Waals surface area contributed by atoms with Gasteiger partial charge in [0.25, 0.3) is 0 Å². The molecule has 1 fully saturated rings. The molecule has 0 aromatic heterocycles. The van der Waals surface area contributed by atoms with Gasteiger partial charge in [-0.25, -0.2) is 12.8 Å². The van der Waals surface area contributed by atoms with E-state index in [0.29, 0.717) is 6.42 Å². The number of ether oxygens (including phenoxy) is 1. The monoisotopic (exact) mass is 422 g/mol. The van der Waals surface area contributed by atoms with Gasteiger partial charge in [-0.1, -0.05) is 18.2 Å². The highest BCUT2D eigenvalue weighted by Gasteiger charge is 2.31. The van der Waals surface area contributed by atoms with Gasteiger partial charge in [0.05, 0.1) is 18.5 Å². The fraction of sp³-hybridized carbons (Fsp3) is 0.316. The number of thioether (sulfide) groups is 1. The number of hydrogen-bond donors (Lipinski definition) is 1. The van der Waals surface area contributed by atoms with Crippen LogP contribution in [0.2, 0.25) is 0 Å². The Morgan fingerprint density at radius 2 is 1.93 bits per heavy atom. The van der Waals surface area contributed by atoms with Gasteiger partial charge in [-0.2, -0.15) is 4.31 Å². The first-order valence-corrected chi connectivity index (χ1v) is 11.2. The van der Waals surface area contributed by atoms with E-state index >= 15 is 0 Å². The molecule has 2 aliphatic heterocycles. The SMILES string of the molecule is O=C(Nc1ccc(F)c(S(=O)(=O)N2CCOCC2)c1)C1Cc2ccccc2S1. The van der Waals surface area contributed by atoms with Crippen LogP contribution < -0.4 is 5.32 Å². The number of nitrogens with one attached hydrogen (secondary N) is 1. The quantitative estimate of drug-likeness (QED) is 0.820. The number of fused-ring (bicyclic) bond motifs is 1. The van der Waals surface area contributed by atoms with Gasteiger partial charge in [-0.15, -0.1) is 11.8 Å². The highest BCUT2D eigenvalue weighted by molar-refractivity contribution is 8.01. The predicted molar refractivity (Wildman–Crippen MR) is 104 cm³/mol. The molecule has 9 heteroatoms. The molecule has 2 heterocycles. The van der Waals surface area contributed by atoms with Crippen molar-refractivity contribution in [2.24, 2.45) is 0 Å². The highest BCUT2D eigenvalue weighted by atomic mass is 32.2. The molecule has 0 bridgehead atoms. The summed E-state index contributed by atoms with van der Waals surface area (Å²) in [5, 5.41) is 2.42. The number of anilines is 1. The maximum Gasteiger partial charge on any atom is 0.246 e. The zero-order chi connectivity index (χ0) is 19.7. The molecule has 4 rings (SSSR count). The van der Waals surface area contributed by atoms with Crippen LogP contribution in [0.25, 0.3) is 0 Å². The fourth-order valence-corrected chi connectivity index (χ4v) is 5.95. The molecule has 2 aliphatic rings. The van der Waals surface area contributed by atoms with Crippen molar-refractivity contribution in [1.29, 1.82) is 0 Å². The second kappa shape index (κ2) is 7.82. The molecular formula is C19H19FN2O4S2. The fourth-order valence-electron chi connectivity index (χ4n) is 3.26. The summed E-state index contributed by atoms with van der Waals surface area (Å²) in [5.41, 5.74) is 1.37. The first-order valence-electron chi connectivity index (χ1n) is 8.88. The Morgan fingerprint density at radius 1 is 1.18 bits per heavy atom. The Morgan fingerprint density at radius 3 is 2.68 bits per heavy atom. The van der Waals surface area contributed by atoms with Crippen molar-refractivity contribution < 1.29 is 22.3 Å². The molecule has 28 heavy (non-hydrogen) atoms. The van der Waals surface area contributed by atoms with Gasteiger partial charge in [0.2, 0.25) is 15.9 Å². The summed E-state index contributed by atoms with van der Waals surface area (Å²) in [5.74, 6) is -1.07. The average molecular weight is 423 g/mol. The zero-order valence-corrected chi connectivity index (χ0v) is 16.6. The van der Waals surface area contributed by atoms with E-state index in [4.69, 9.17) is 4.74 Å². The molecule has 148 valence electrons. The van der Waals surface area contributed by atoms with Crippen LogP contribution >= 0.6 is 11.8 Å². The van der Waals surface area contributed by atoms with Crippen molar-refractivity contribution in [3.8, 4) is 0 Å². The highest BCUT2D eigenvalue weighted by Crippen LogP contribution is 2.37. The molecule has 1 saturated heterocycles. The van der Waals surface area contributed by atoms with Crippen molar-refractivity contribution in [2.45, 2.75) is 21.5 Å². The van der Waals surface area contributed by atoms with Crippen LogP contribution in [0.15, 0.2) is 52.3 Å². The minimum absolute atomic E-state index is 0.176. The summed E-state index contributed by atoms with van der Waals surface area (Å²) >= 11 is 1.47. The van der Waals surface area contributed by atoms with Crippen molar-refractivity contribution in [2.75, 3.05) is 31.6 Å². The Labute approximate surface area is 167 Å². The number of halogens is 1. The van der Waals surface area contributed by atoms with E-state index in [-0.39, 0.29) is 43.1 Å². The van der Waals surface area contributed by atoms with E-state index in [1.54, 1.807) is 0 Å². The number of benzene rings is 2. The lowest BCUT2D eigenvalue weighted by Gasteiger charge is -2.26. The molecule has 1 N–H and O–H groups in total. The Hall–Kier alpha value is -1.94. The van der Waals surface area contributed by atoms with E-state index < -0.39 is 20.7 Å². The van der Waals surface area contributed by atoms with Crippen molar-refractivity contribution >= 4 is 33.4 Å². The van der Waals surface area contributed by atoms with Crippen LogP contribution in [0, 0.1) is 5.82 Å². The van der Waals surface area contributed by atoms with Crippen LogP contribution in [0.5, 0.6) is 0 Å². The summed E-state index contributed by atoms with van der Waals surface area (Å²) in [6, 6.07) is 11.4. The summed E-state index contributed by atoms with van der Waals surface area (Å²) in [6.07, 6.45) is 0.604. The van der Waals surface area contributed by atoms with Gasteiger partial charge in [0.1, 0.15) is 10.7 Å². The maximum absolute atomic E-state index is 14.3. The molecule has 2 aromatic carbocycles. The van der Waals surface area contributed by atoms with Crippen LogP contribution in [-0.4, -0.2) is 50.2 Å². The van der Waals surface area contributed by atoms with Gasteiger partial charge in [0, 0.05) is 23.7 Å². The van der Waals surface area contributed by atoms with Crippen molar-refractivity contribution in [1.82, 2.24) is 4.31 Å². The van der Waals surface area contributed by atoms with E-state index in [2.05, 4.69) is 5.32 Å². The topological polar surface area (TPSA) is 75.7 Å². The molecule has 1 amide bonds. The van der Waals surface area contributed by atoms with Crippen LogP contribution in [-0.2, 0) is 26.0 Å². The molecule has 0 spiro atoms. The third-order valence-electron chi connectivity index (χ3n) is 4.73. The van der Waals surface area contributed by atoms with Gasteiger partial charge in [-0.3, -0.25) is 4.79 Å². The molecule has 0 saturated carbocycles. The average Bonchev–Trinajstić information content (AvgIpc) is 3.14. The number of carbonyl (C=O) groups is 1. The van der Waals surface area contributed by atoms with Gasteiger partial charge in [-0.05, 0) is 36.2 Å². The third-order valence-corrected chi connectivity index (χ3v) is 7.96. The van der Waals surface area contributed by atoms with Crippen molar-refractivity contribution in [3.05, 3.63) is 53.8 Å². The Kier molecular flexibility index (Phi) is 5.42. The summed E-state index contributed by atoms with van der Waals surface area (Å²) in [6.45, 7) is 0.901. The standard InChI is InChI=1S/C19H19FN2O4S2/c20-15-6-5-14(12-18(15)28(24,25)22-7-9-26-10-8-22)21-19(23)17-11-13-3-1-2-4-16(13)27-17/h1-6,12,17H,7-11H2,(H,21,23). The Balaban J connectivity index is 1.52. The zero-order valence-electron chi connectivity index (χ0n) is 14.9. The van der Waals surface area contributed by atoms with Crippen LogP contribution in [0.1, 0.15) is 5.56 Å². The maximum atomic E-state index is 14.3. The van der Waals surface area contributed by atoms with Gasteiger partial charge >= 0.3 is 0 Å². The lowest BCUT2D eigenvalue weighted by atomic mass is 10.1. The number of sulfonamides is 1. The third kappa shape index (κ3) is 3.80.